The number of rotatable bonds is 3. The van der Waals surface area contributed by atoms with Gasteiger partial charge >= 0.3 is 6.03 Å². The van der Waals surface area contributed by atoms with Crippen LogP contribution in [-0.4, -0.2) is 64.7 Å². The zero-order chi connectivity index (χ0) is 19.5. The van der Waals surface area contributed by atoms with Gasteiger partial charge in [-0.15, -0.1) is 0 Å². The molecule has 1 aromatic carbocycles. The molecule has 0 aliphatic carbocycles. The number of hydrogen-bond acceptors (Lipinski definition) is 4. The fourth-order valence-corrected chi connectivity index (χ4v) is 3.77. The van der Waals surface area contributed by atoms with Gasteiger partial charge in [0.15, 0.2) is 0 Å². The molecule has 0 bridgehead atoms. The van der Waals surface area contributed by atoms with E-state index in [9.17, 15) is 9.90 Å². The molecular formula is C20H31N3O4. The van der Waals surface area contributed by atoms with Crippen molar-refractivity contribution in [3.63, 3.8) is 0 Å². The van der Waals surface area contributed by atoms with Crippen molar-refractivity contribution in [3.05, 3.63) is 29.8 Å². The lowest BCUT2D eigenvalue weighted by Crippen LogP contribution is -2.51. The predicted octanol–water partition coefficient (Wildman–Crippen LogP) is 2.64. The van der Waals surface area contributed by atoms with Gasteiger partial charge in [0.2, 0.25) is 0 Å². The van der Waals surface area contributed by atoms with Gasteiger partial charge in [0.25, 0.3) is 6.47 Å². The number of hydrogen-bond donors (Lipinski definition) is 3. The summed E-state index contributed by atoms with van der Waals surface area (Å²) < 4.78 is 0. The molecule has 0 radical (unpaired) electrons. The van der Waals surface area contributed by atoms with Crippen LogP contribution in [0.3, 0.4) is 0 Å². The summed E-state index contributed by atoms with van der Waals surface area (Å²) in [6, 6.07) is 7.78. The Labute approximate surface area is 161 Å². The van der Waals surface area contributed by atoms with Crippen molar-refractivity contribution in [1.82, 2.24) is 15.1 Å². The van der Waals surface area contributed by atoms with E-state index < -0.39 is 0 Å². The topological polar surface area (TPSA) is 93.1 Å². The largest absolute Gasteiger partial charge is 0.508 e. The van der Waals surface area contributed by atoms with Crippen LogP contribution in [0.4, 0.5) is 4.79 Å². The second-order valence-corrected chi connectivity index (χ2v) is 7.20. The number of nitrogens with one attached hydrogen (secondary N) is 1. The monoisotopic (exact) mass is 377 g/mol. The van der Waals surface area contributed by atoms with Gasteiger partial charge < -0.3 is 20.4 Å². The number of aromatic hydroxyl groups is 1. The second-order valence-electron chi connectivity index (χ2n) is 7.20. The fourth-order valence-electron chi connectivity index (χ4n) is 3.77. The van der Waals surface area contributed by atoms with Gasteiger partial charge in [-0.1, -0.05) is 25.0 Å². The number of carbonyl (C=O) groups is 2. The third kappa shape index (κ3) is 7.46. The third-order valence-corrected chi connectivity index (χ3v) is 5.04. The zero-order valence-corrected chi connectivity index (χ0v) is 15.8. The Bertz CT molecular complexity index is 588. The van der Waals surface area contributed by atoms with E-state index in [-0.39, 0.29) is 18.5 Å². The van der Waals surface area contributed by atoms with Gasteiger partial charge in [-0.3, -0.25) is 9.69 Å². The van der Waals surface area contributed by atoms with E-state index in [1.807, 2.05) is 23.1 Å². The molecule has 3 rings (SSSR count). The summed E-state index contributed by atoms with van der Waals surface area (Å²) in [5, 5.41) is 19.7. The van der Waals surface area contributed by atoms with Crippen LogP contribution in [0.2, 0.25) is 0 Å². The SMILES string of the molecule is O=C(NC1CCCN(Cc2cccc(O)c2)C1)N1CCCCCC1.O=CO. The Morgan fingerprint density at radius 3 is 2.52 bits per heavy atom. The molecule has 2 aliphatic heterocycles. The lowest BCUT2D eigenvalue weighted by Gasteiger charge is -2.34. The number of phenols is 1. The highest BCUT2D eigenvalue weighted by Gasteiger charge is 2.24. The Morgan fingerprint density at radius 1 is 1.15 bits per heavy atom. The Balaban J connectivity index is 0.000000817. The summed E-state index contributed by atoms with van der Waals surface area (Å²) in [6.07, 6.45) is 6.89. The molecule has 2 fully saturated rings. The predicted molar refractivity (Wildman–Crippen MR) is 104 cm³/mol. The highest BCUT2D eigenvalue weighted by Crippen LogP contribution is 2.17. The summed E-state index contributed by atoms with van der Waals surface area (Å²) in [6.45, 7) is 4.29. The molecule has 2 amide bonds. The quantitative estimate of drug-likeness (QED) is 0.704. The summed E-state index contributed by atoms with van der Waals surface area (Å²) in [5.74, 6) is 0.315. The number of nitrogens with zero attached hydrogens (tertiary/aromatic N) is 2. The summed E-state index contributed by atoms with van der Waals surface area (Å²) in [7, 11) is 0. The van der Waals surface area contributed by atoms with Crippen LogP contribution in [0.5, 0.6) is 5.75 Å². The van der Waals surface area contributed by atoms with Crippen molar-refractivity contribution in [1.29, 1.82) is 0 Å². The number of urea groups is 1. The first-order chi connectivity index (χ1) is 13.1. The van der Waals surface area contributed by atoms with E-state index >= 15 is 0 Å². The number of amides is 2. The number of carboxylic acid groups (broad SMARTS) is 1. The van der Waals surface area contributed by atoms with Crippen LogP contribution >= 0.6 is 0 Å². The Morgan fingerprint density at radius 2 is 1.85 bits per heavy atom. The maximum atomic E-state index is 12.5. The average Bonchev–Trinajstić information content (AvgIpc) is 2.92. The molecule has 150 valence electrons. The molecule has 0 spiro atoms. The number of benzene rings is 1. The van der Waals surface area contributed by atoms with Crippen molar-refractivity contribution in [3.8, 4) is 5.75 Å². The molecule has 27 heavy (non-hydrogen) atoms. The first-order valence-corrected chi connectivity index (χ1v) is 9.76. The molecule has 2 heterocycles. The molecule has 1 unspecified atom stereocenters. The maximum absolute atomic E-state index is 12.5. The minimum atomic E-state index is -0.250. The highest BCUT2D eigenvalue weighted by molar-refractivity contribution is 5.74. The first kappa shape index (κ1) is 21.0. The van der Waals surface area contributed by atoms with Gasteiger partial charge in [0.05, 0.1) is 0 Å². The zero-order valence-electron chi connectivity index (χ0n) is 15.8. The van der Waals surface area contributed by atoms with Gasteiger partial charge in [-0.2, -0.15) is 0 Å². The van der Waals surface area contributed by atoms with Gasteiger partial charge in [-0.05, 0) is 49.9 Å². The maximum Gasteiger partial charge on any atom is 0.317 e. The van der Waals surface area contributed by atoms with Crippen LogP contribution in [0.1, 0.15) is 44.1 Å². The lowest BCUT2D eigenvalue weighted by molar-refractivity contribution is -0.122. The van der Waals surface area contributed by atoms with E-state index in [1.54, 1.807) is 6.07 Å². The minimum absolute atomic E-state index is 0.112. The van der Waals surface area contributed by atoms with Crippen LogP contribution < -0.4 is 5.32 Å². The van der Waals surface area contributed by atoms with Crippen molar-refractivity contribution in [2.75, 3.05) is 26.2 Å². The first-order valence-electron chi connectivity index (χ1n) is 9.76. The van der Waals surface area contributed by atoms with Crippen LogP contribution in [0, 0.1) is 0 Å². The number of carbonyl (C=O) groups excluding carboxylic acids is 1. The molecular weight excluding hydrogens is 346 g/mol. The molecule has 2 saturated heterocycles. The minimum Gasteiger partial charge on any atom is -0.508 e. The third-order valence-electron chi connectivity index (χ3n) is 5.04. The van der Waals surface area contributed by atoms with E-state index in [1.165, 1.54) is 12.8 Å². The number of likely N-dealkylation sites (tertiary alicyclic amines) is 2. The second kappa shape index (κ2) is 11.4. The number of phenolic OH excluding ortho intramolecular Hbond substituents is 1. The average molecular weight is 377 g/mol. The molecule has 0 aromatic heterocycles. The van der Waals surface area contributed by atoms with E-state index in [0.29, 0.717) is 5.75 Å². The van der Waals surface area contributed by atoms with Crippen LogP contribution in [0.15, 0.2) is 24.3 Å². The molecule has 1 atom stereocenters. The summed E-state index contributed by atoms with van der Waals surface area (Å²) in [4.78, 5) is 25.2. The Kier molecular flexibility index (Phi) is 8.91. The van der Waals surface area contributed by atoms with Crippen molar-refractivity contribution in [2.45, 2.75) is 51.1 Å². The molecule has 7 nitrogen and oxygen atoms in total. The van der Waals surface area contributed by atoms with Crippen molar-refractivity contribution in [2.24, 2.45) is 0 Å². The summed E-state index contributed by atoms with van der Waals surface area (Å²) in [5.41, 5.74) is 1.12. The molecule has 7 heteroatoms. The summed E-state index contributed by atoms with van der Waals surface area (Å²) >= 11 is 0. The smallest absolute Gasteiger partial charge is 0.317 e. The molecule has 2 aliphatic rings. The van der Waals surface area contributed by atoms with E-state index in [4.69, 9.17) is 9.90 Å². The van der Waals surface area contributed by atoms with Gasteiger partial charge in [0.1, 0.15) is 5.75 Å². The number of piperidine rings is 1. The molecule has 3 N–H and O–H groups in total. The fraction of sp³-hybridized carbons (Fsp3) is 0.600. The van der Waals surface area contributed by atoms with Crippen LogP contribution in [0.25, 0.3) is 0 Å². The van der Waals surface area contributed by atoms with Crippen LogP contribution in [-0.2, 0) is 11.3 Å². The highest BCUT2D eigenvalue weighted by atomic mass is 16.3. The lowest BCUT2D eigenvalue weighted by atomic mass is 10.0. The van der Waals surface area contributed by atoms with Crippen molar-refractivity contribution < 1.29 is 19.8 Å². The molecule has 0 saturated carbocycles. The normalized spacial score (nSPS) is 20.7. The standard InChI is InChI=1S/C19H29N3O2.CH2O2/c23-18-9-5-7-16(13-18)14-21-10-6-8-17(15-21)20-19(24)22-11-3-1-2-4-12-22;2-1-3/h5,7,9,13,17,23H,1-4,6,8,10-12,14-15H2,(H,20,24);1H,(H,2,3). The van der Waals surface area contributed by atoms with Gasteiger partial charge in [-0.25, -0.2) is 4.79 Å². The van der Waals surface area contributed by atoms with Gasteiger partial charge in [0, 0.05) is 32.2 Å². The van der Waals surface area contributed by atoms with Crippen molar-refractivity contribution >= 4 is 12.5 Å². The molecule has 1 aromatic rings. The van der Waals surface area contributed by atoms with E-state index in [0.717, 1.165) is 64.0 Å². The van der Waals surface area contributed by atoms with E-state index in [2.05, 4.69) is 10.2 Å². The Hall–Kier alpha value is -2.28.